The second-order valence-electron chi connectivity index (χ2n) is 7.78. The molecule has 0 saturated heterocycles. The van der Waals surface area contributed by atoms with Gasteiger partial charge < -0.3 is 19.5 Å². The standard InChI is InChI=1S/C25H28FNO5/c1-30-22-16-18(8-12-21(22)32-17-19-6-10-20(26)11-7-19)9-13-23(28)27-25(24(29)31-2)14-4-3-5-15-25/h6-13,16H,3-5,14-15,17H2,1-2H3,(H,27,28)/b13-9+. The van der Waals surface area contributed by atoms with Crippen molar-refractivity contribution in [2.75, 3.05) is 14.2 Å². The van der Waals surface area contributed by atoms with Crippen molar-refractivity contribution < 1.29 is 28.2 Å². The lowest BCUT2D eigenvalue weighted by molar-refractivity contribution is -0.152. The van der Waals surface area contributed by atoms with Crippen molar-refractivity contribution in [1.82, 2.24) is 5.32 Å². The first-order valence-corrected chi connectivity index (χ1v) is 10.6. The molecule has 7 heteroatoms. The molecule has 0 aromatic heterocycles. The highest BCUT2D eigenvalue weighted by molar-refractivity contribution is 5.96. The number of nitrogens with one attached hydrogen (secondary N) is 1. The molecular formula is C25H28FNO5. The van der Waals surface area contributed by atoms with Crippen LogP contribution in [0.4, 0.5) is 4.39 Å². The molecule has 3 rings (SSSR count). The van der Waals surface area contributed by atoms with Crippen LogP contribution in [0.3, 0.4) is 0 Å². The van der Waals surface area contributed by atoms with E-state index in [1.54, 1.807) is 36.4 Å². The molecule has 1 fully saturated rings. The lowest BCUT2D eigenvalue weighted by Crippen LogP contribution is -2.55. The van der Waals surface area contributed by atoms with Gasteiger partial charge in [0.1, 0.15) is 18.0 Å². The molecule has 1 N–H and O–H groups in total. The van der Waals surface area contributed by atoms with Gasteiger partial charge in [-0.1, -0.05) is 37.5 Å². The van der Waals surface area contributed by atoms with Gasteiger partial charge in [-0.25, -0.2) is 9.18 Å². The third-order valence-electron chi connectivity index (χ3n) is 5.57. The van der Waals surface area contributed by atoms with E-state index in [2.05, 4.69) is 5.32 Å². The minimum atomic E-state index is -0.954. The molecule has 0 unspecified atom stereocenters. The molecule has 1 saturated carbocycles. The summed E-state index contributed by atoms with van der Waals surface area (Å²) in [5.74, 6) is -0.0121. The highest BCUT2D eigenvalue weighted by atomic mass is 19.1. The SMILES string of the molecule is COC(=O)C1(NC(=O)/C=C/c2ccc(OCc3ccc(F)cc3)c(OC)c2)CCCCC1. The van der Waals surface area contributed by atoms with Crippen molar-refractivity contribution in [2.24, 2.45) is 0 Å². The van der Waals surface area contributed by atoms with E-state index in [4.69, 9.17) is 14.2 Å². The van der Waals surface area contributed by atoms with Gasteiger partial charge in [-0.3, -0.25) is 4.79 Å². The minimum absolute atomic E-state index is 0.268. The van der Waals surface area contributed by atoms with Crippen LogP contribution in [0.5, 0.6) is 11.5 Å². The Bertz CT molecular complexity index is 965. The molecule has 2 aromatic rings. The maximum absolute atomic E-state index is 13.0. The Kier molecular flexibility index (Phi) is 7.87. The number of halogens is 1. The van der Waals surface area contributed by atoms with Crippen molar-refractivity contribution in [3.63, 3.8) is 0 Å². The van der Waals surface area contributed by atoms with E-state index >= 15 is 0 Å². The summed E-state index contributed by atoms with van der Waals surface area (Å²) < 4.78 is 29.2. The zero-order chi connectivity index (χ0) is 23.0. The van der Waals surface area contributed by atoms with Crippen LogP contribution >= 0.6 is 0 Å². The van der Waals surface area contributed by atoms with Crippen LogP contribution in [0.15, 0.2) is 48.5 Å². The second-order valence-corrected chi connectivity index (χ2v) is 7.78. The molecule has 1 aliphatic rings. The Morgan fingerprint density at radius 2 is 1.75 bits per heavy atom. The fourth-order valence-electron chi connectivity index (χ4n) is 3.83. The summed E-state index contributed by atoms with van der Waals surface area (Å²) in [4.78, 5) is 24.8. The highest BCUT2D eigenvalue weighted by Crippen LogP contribution is 2.30. The number of esters is 1. The van der Waals surface area contributed by atoms with Crippen LogP contribution in [-0.2, 0) is 20.9 Å². The number of benzene rings is 2. The minimum Gasteiger partial charge on any atom is -0.493 e. The maximum atomic E-state index is 13.0. The van der Waals surface area contributed by atoms with E-state index in [0.29, 0.717) is 24.3 Å². The molecule has 0 atom stereocenters. The number of ether oxygens (including phenoxy) is 3. The number of hydrogen-bond donors (Lipinski definition) is 1. The van der Waals surface area contributed by atoms with Crippen molar-refractivity contribution in [3.8, 4) is 11.5 Å². The summed E-state index contributed by atoms with van der Waals surface area (Å²) in [6.45, 7) is 0.268. The molecule has 0 bridgehead atoms. The van der Waals surface area contributed by atoms with Gasteiger partial charge in [0, 0.05) is 6.08 Å². The zero-order valence-electron chi connectivity index (χ0n) is 18.4. The van der Waals surface area contributed by atoms with E-state index in [-0.39, 0.29) is 18.3 Å². The van der Waals surface area contributed by atoms with Gasteiger partial charge in [0.05, 0.1) is 14.2 Å². The molecular weight excluding hydrogens is 413 g/mol. The fraction of sp³-hybridized carbons (Fsp3) is 0.360. The normalized spacial score (nSPS) is 15.2. The zero-order valence-corrected chi connectivity index (χ0v) is 18.4. The Hall–Kier alpha value is -3.35. The van der Waals surface area contributed by atoms with Crippen LogP contribution in [0.1, 0.15) is 43.2 Å². The van der Waals surface area contributed by atoms with Crippen molar-refractivity contribution in [2.45, 2.75) is 44.2 Å². The largest absolute Gasteiger partial charge is 0.493 e. The van der Waals surface area contributed by atoms with E-state index in [1.165, 1.54) is 32.4 Å². The Labute approximate surface area is 187 Å². The third-order valence-corrected chi connectivity index (χ3v) is 5.57. The van der Waals surface area contributed by atoms with E-state index in [1.807, 2.05) is 0 Å². The molecule has 0 heterocycles. The smallest absolute Gasteiger partial charge is 0.331 e. The molecule has 1 amide bonds. The lowest BCUT2D eigenvalue weighted by Gasteiger charge is -2.34. The number of carbonyl (C=O) groups excluding carboxylic acids is 2. The molecule has 1 aliphatic carbocycles. The van der Waals surface area contributed by atoms with Gasteiger partial charge in [-0.05, 0) is 54.3 Å². The summed E-state index contributed by atoms with van der Waals surface area (Å²) in [5.41, 5.74) is 0.614. The maximum Gasteiger partial charge on any atom is 0.331 e. The fourth-order valence-corrected chi connectivity index (χ4v) is 3.83. The summed E-state index contributed by atoms with van der Waals surface area (Å²) in [7, 11) is 2.87. The molecule has 0 radical (unpaired) electrons. The predicted octanol–water partition coefficient (Wildman–Crippen LogP) is 4.42. The van der Waals surface area contributed by atoms with Gasteiger partial charge in [0.15, 0.2) is 11.5 Å². The van der Waals surface area contributed by atoms with Crippen molar-refractivity contribution in [1.29, 1.82) is 0 Å². The molecule has 2 aromatic carbocycles. The van der Waals surface area contributed by atoms with Crippen LogP contribution in [0.25, 0.3) is 6.08 Å². The molecule has 170 valence electrons. The van der Waals surface area contributed by atoms with Crippen LogP contribution in [-0.4, -0.2) is 31.6 Å². The summed E-state index contributed by atoms with van der Waals surface area (Å²) in [6, 6.07) is 11.4. The predicted molar refractivity (Wildman–Crippen MR) is 119 cm³/mol. The number of methoxy groups -OCH3 is 2. The van der Waals surface area contributed by atoms with Gasteiger partial charge in [0.25, 0.3) is 0 Å². The number of carbonyl (C=O) groups is 2. The van der Waals surface area contributed by atoms with Crippen molar-refractivity contribution in [3.05, 3.63) is 65.5 Å². The summed E-state index contributed by atoms with van der Waals surface area (Å²) >= 11 is 0. The van der Waals surface area contributed by atoms with Gasteiger partial charge in [0.2, 0.25) is 5.91 Å². The lowest BCUT2D eigenvalue weighted by atomic mass is 9.81. The number of amides is 1. The Balaban J connectivity index is 1.65. The number of rotatable bonds is 8. The Morgan fingerprint density at radius 1 is 1.03 bits per heavy atom. The average Bonchev–Trinajstić information content (AvgIpc) is 2.82. The first kappa shape index (κ1) is 23.3. The van der Waals surface area contributed by atoms with E-state index in [0.717, 1.165) is 30.4 Å². The quantitative estimate of drug-likeness (QED) is 0.485. The third kappa shape index (κ3) is 5.87. The van der Waals surface area contributed by atoms with Crippen LogP contribution in [0, 0.1) is 5.82 Å². The first-order valence-electron chi connectivity index (χ1n) is 10.6. The second kappa shape index (κ2) is 10.8. The van der Waals surface area contributed by atoms with E-state index < -0.39 is 11.5 Å². The van der Waals surface area contributed by atoms with Gasteiger partial charge in [-0.2, -0.15) is 0 Å². The monoisotopic (exact) mass is 441 g/mol. The highest BCUT2D eigenvalue weighted by Gasteiger charge is 2.41. The first-order chi connectivity index (χ1) is 15.5. The summed E-state index contributed by atoms with van der Waals surface area (Å²) in [6.07, 6.45) is 6.98. The molecule has 0 spiro atoms. The number of hydrogen-bond acceptors (Lipinski definition) is 5. The van der Waals surface area contributed by atoms with E-state index in [9.17, 15) is 14.0 Å². The molecule has 32 heavy (non-hydrogen) atoms. The van der Waals surface area contributed by atoms with Crippen molar-refractivity contribution >= 4 is 18.0 Å². The molecule has 0 aliphatic heterocycles. The summed E-state index contributed by atoms with van der Waals surface area (Å²) in [5, 5.41) is 2.85. The van der Waals surface area contributed by atoms with Gasteiger partial charge >= 0.3 is 5.97 Å². The van der Waals surface area contributed by atoms with Crippen LogP contribution in [0.2, 0.25) is 0 Å². The topological polar surface area (TPSA) is 73.9 Å². The average molecular weight is 441 g/mol. The van der Waals surface area contributed by atoms with Crippen LogP contribution < -0.4 is 14.8 Å². The van der Waals surface area contributed by atoms with Gasteiger partial charge in [-0.15, -0.1) is 0 Å². The Morgan fingerprint density at radius 3 is 2.41 bits per heavy atom. The molecule has 6 nitrogen and oxygen atoms in total.